The first-order valence-corrected chi connectivity index (χ1v) is 13.2. The van der Waals surface area contributed by atoms with Crippen LogP contribution in [0.25, 0.3) is 38.6 Å². The van der Waals surface area contributed by atoms with Crippen LogP contribution in [0.15, 0.2) is 79.0 Å². The molecule has 1 aliphatic rings. The van der Waals surface area contributed by atoms with Crippen molar-refractivity contribution in [3.8, 4) is 16.8 Å². The van der Waals surface area contributed by atoms with E-state index in [2.05, 4.69) is 14.9 Å². The van der Waals surface area contributed by atoms with Crippen LogP contribution in [0.4, 0.5) is 18.9 Å². The van der Waals surface area contributed by atoms with Gasteiger partial charge in [-0.2, -0.15) is 13.2 Å². The van der Waals surface area contributed by atoms with Crippen molar-refractivity contribution in [2.45, 2.75) is 44.0 Å². The number of carbonyl (C=O) groups excluding carboxylic acids is 1. The fourth-order valence-corrected chi connectivity index (χ4v) is 5.70. The molecule has 9 heteroatoms. The third-order valence-electron chi connectivity index (χ3n) is 7.65. The van der Waals surface area contributed by atoms with Gasteiger partial charge in [-0.1, -0.05) is 36.4 Å². The van der Waals surface area contributed by atoms with Crippen LogP contribution in [0.1, 0.15) is 41.7 Å². The number of fused-ring (bicyclic) bond motifs is 3. The number of nitrogens with one attached hydrogen (secondary N) is 1. The van der Waals surface area contributed by atoms with Crippen molar-refractivity contribution in [2.24, 2.45) is 5.73 Å². The average molecular weight is 545 g/mol. The van der Waals surface area contributed by atoms with Gasteiger partial charge in [0.2, 0.25) is 0 Å². The molecule has 2 heterocycles. The second-order valence-electron chi connectivity index (χ2n) is 10.2. The number of nitrogens with two attached hydrogens (primary N) is 1. The molecular weight excluding hydrogens is 517 g/mol. The normalized spacial score (nSPS) is 17.8. The number of carbonyl (C=O) groups is 1. The van der Waals surface area contributed by atoms with Crippen LogP contribution in [0.3, 0.4) is 0 Å². The van der Waals surface area contributed by atoms with Crippen LogP contribution < -0.4 is 11.1 Å². The minimum Gasteiger partial charge on any atom is -0.393 e. The molecule has 2 aromatic heterocycles. The summed E-state index contributed by atoms with van der Waals surface area (Å²) in [7, 11) is 0. The van der Waals surface area contributed by atoms with Crippen molar-refractivity contribution in [1.82, 2.24) is 9.55 Å². The number of hydrogen-bond acceptors (Lipinski definition) is 4. The minimum atomic E-state index is -4.51. The summed E-state index contributed by atoms with van der Waals surface area (Å²) in [6.07, 6.45) is -0.607. The maximum Gasteiger partial charge on any atom is 0.433 e. The van der Waals surface area contributed by atoms with Gasteiger partial charge in [-0.05, 0) is 67.6 Å². The standard InChI is InChI=1S/C31H27F3N4O2/c32-31(33,34)28-15-8-18(17-36-28)22-5-3-7-27-29(22)24-4-1-2-6-26(24)38(27)20-11-14-23(30(35)40)25(16-20)37-19-9-12-21(39)13-10-19/h1-8,11,14-17,19,21,37,39H,9-10,12-13H2,(H2,35,40). The zero-order valence-corrected chi connectivity index (χ0v) is 21.4. The molecule has 0 saturated heterocycles. The Morgan fingerprint density at radius 3 is 2.40 bits per heavy atom. The summed E-state index contributed by atoms with van der Waals surface area (Å²) in [6, 6.07) is 21.6. The van der Waals surface area contributed by atoms with Gasteiger partial charge in [0, 0.05) is 39.9 Å². The highest BCUT2D eigenvalue weighted by atomic mass is 19.4. The predicted molar refractivity (Wildman–Crippen MR) is 149 cm³/mol. The van der Waals surface area contributed by atoms with Gasteiger partial charge in [0.05, 0.1) is 22.7 Å². The first-order chi connectivity index (χ1) is 19.2. The summed E-state index contributed by atoms with van der Waals surface area (Å²) >= 11 is 0. The topological polar surface area (TPSA) is 93.2 Å². The molecule has 204 valence electrons. The fraction of sp³-hybridized carbons (Fsp3) is 0.226. The van der Waals surface area contributed by atoms with E-state index in [1.165, 1.54) is 12.3 Å². The van der Waals surface area contributed by atoms with E-state index in [4.69, 9.17) is 5.73 Å². The number of hydrogen-bond donors (Lipinski definition) is 3. The SMILES string of the molecule is NC(=O)c1ccc(-n2c3ccccc3c3c(-c4ccc(C(F)(F)F)nc4)cccc32)cc1NC1CCC(O)CC1. The van der Waals surface area contributed by atoms with E-state index in [1.807, 2.05) is 54.6 Å². The molecule has 1 aliphatic carbocycles. The Morgan fingerprint density at radius 2 is 1.70 bits per heavy atom. The van der Waals surface area contributed by atoms with E-state index in [0.29, 0.717) is 29.7 Å². The molecule has 4 N–H and O–H groups in total. The zero-order chi connectivity index (χ0) is 28.0. The van der Waals surface area contributed by atoms with E-state index in [-0.39, 0.29) is 12.1 Å². The van der Waals surface area contributed by atoms with Crippen molar-refractivity contribution < 1.29 is 23.1 Å². The number of aliphatic hydroxyl groups excluding tert-OH is 1. The summed E-state index contributed by atoms with van der Waals surface area (Å²) in [4.78, 5) is 16.0. The zero-order valence-electron chi connectivity index (χ0n) is 21.4. The molecule has 3 aromatic carbocycles. The Morgan fingerprint density at radius 1 is 0.950 bits per heavy atom. The van der Waals surface area contributed by atoms with Crippen LogP contribution in [0, 0.1) is 0 Å². The lowest BCUT2D eigenvalue weighted by atomic mass is 9.92. The van der Waals surface area contributed by atoms with E-state index < -0.39 is 17.8 Å². The third kappa shape index (κ3) is 4.66. The number of pyridine rings is 1. The molecule has 5 aromatic rings. The molecule has 1 fully saturated rings. The summed E-state index contributed by atoms with van der Waals surface area (Å²) in [5.74, 6) is -0.538. The van der Waals surface area contributed by atoms with Gasteiger partial charge in [0.25, 0.3) is 5.91 Å². The van der Waals surface area contributed by atoms with Gasteiger partial charge in [-0.3, -0.25) is 9.78 Å². The number of aliphatic hydroxyl groups is 1. The van der Waals surface area contributed by atoms with Gasteiger partial charge >= 0.3 is 6.18 Å². The monoisotopic (exact) mass is 544 g/mol. The lowest BCUT2D eigenvalue weighted by Gasteiger charge is -2.28. The Hall–Kier alpha value is -4.37. The van der Waals surface area contributed by atoms with Crippen LogP contribution in [-0.4, -0.2) is 32.7 Å². The van der Waals surface area contributed by atoms with Gasteiger partial charge in [-0.25, -0.2) is 0 Å². The van der Waals surface area contributed by atoms with Crippen LogP contribution >= 0.6 is 0 Å². The van der Waals surface area contributed by atoms with Crippen molar-refractivity contribution in [1.29, 1.82) is 0 Å². The highest BCUT2D eigenvalue weighted by Crippen LogP contribution is 2.39. The number of primary amides is 1. The Kier molecular flexibility index (Phi) is 6.46. The molecule has 0 bridgehead atoms. The predicted octanol–water partition coefficient (Wildman–Crippen LogP) is 6.68. The number of alkyl halides is 3. The van der Waals surface area contributed by atoms with Crippen LogP contribution in [0.2, 0.25) is 0 Å². The molecule has 0 unspecified atom stereocenters. The van der Waals surface area contributed by atoms with E-state index in [0.717, 1.165) is 52.0 Å². The van der Waals surface area contributed by atoms with E-state index in [9.17, 15) is 23.1 Å². The number of rotatable bonds is 5. The van der Waals surface area contributed by atoms with Gasteiger partial charge in [-0.15, -0.1) is 0 Å². The summed E-state index contributed by atoms with van der Waals surface area (Å²) in [6.45, 7) is 0. The summed E-state index contributed by atoms with van der Waals surface area (Å²) in [5, 5.41) is 15.2. The van der Waals surface area contributed by atoms with Crippen molar-refractivity contribution >= 4 is 33.4 Å². The van der Waals surface area contributed by atoms with Crippen LogP contribution in [0.5, 0.6) is 0 Å². The molecule has 0 atom stereocenters. The molecule has 0 aliphatic heterocycles. The van der Waals surface area contributed by atoms with Crippen molar-refractivity contribution in [3.05, 3.63) is 90.3 Å². The number of nitrogens with zero attached hydrogens (tertiary/aromatic N) is 2. The molecule has 40 heavy (non-hydrogen) atoms. The average Bonchev–Trinajstić information content (AvgIpc) is 3.28. The number of anilines is 1. The second-order valence-corrected chi connectivity index (χ2v) is 10.2. The number of para-hydroxylation sites is 1. The number of amides is 1. The number of aromatic nitrogens is 2. The summed E-state index contributed by atoms with van der Waals surface area (Å²) in [5.41, 5.74) is 9.69. The highest BCUT2D eigenvalue weighted by molar-refractivity contribution is 6.15. The van der Waals surface area contributed by atoms with Crippen molar-refractivity contribution in [2.75, 3.05) is 5.32 Å². The van der Waals surface area contributed by atoms with E-state index in [1.54, 1.807) is 6.07 Å². The second kappa shape index (κ2) is 9.98. The fourth-order valence-electron chi connectivity index (χ4n) is 5.70. The Balaban J connectivity index is 1.51. The molecule has 6 nitrogen and oxygen atoms in total. The number of benzene rings is 3. The summed E-state index contributed by atoms with van der Waals surface area (Å²) < 4.78 is 41.5. The van der Waals surface area contributed by atoms with Crippen LogP contribution in [-0.2, 0) is 6.18 Å². The molecule has 1 saturated carbocycles. The quantitative estimate of drug-likeness (QED) is 0.230. The Labute approximate surface area is 228 Å². The Bertz CT molecular complexity index is 1720. The van der Waals surface area contributed by atoms with Gasteiger partial charge < -0.3 is 20.7 Å². The maximum atomic E-state index is 13.1. The largest absolute Gasteiger partial charge is 0.433 e. The first-order valence-electron chi connectivity index (χ1n) is 13.2. The molecule has 0 spiro atoms. The lowest BCUT2D eigenvalue weighted by molar-refractivity contribution is -0.141. The minimum absolute atomic E-state index is 0.105. The number of halogens is 3. The highest BCUT2D eigenvalue weighted by Gasteiger charge is 2.32. The smallest absolute Gasteiger partial charge is 0.393 e. The maximum absolute atomic E-state index is 13.1. The van der Waals surface area contributed by atoms with Crippen molar-refractivity contribution in [3.63, 3.8) is 0 Å². The molecule has 0 radical (unpaired) electrons. The molecular formula is C31H27F3N4O2. The molecule has 1 amide bonds. The van der Waals surface area contributed by atoms with E-state index >= 15 is 0 Å². The first kappa shape index (κ1) is 25.9. The lowest BCUT2D eigenvalue weighted by Crippen LogP contribution is -2.29. The molecule has 6 rings (SSSR count). The van der Waals surface area contributed by atoms with Gasteiger partial charge in [0.1, 0.15) is 5.69 Å². The van der Waals surface area contributed by atoms with Gasteiger partial charge in [0.15, 0.2) is 0 Å². The third-order valence-corrected chi connectivity index (χ3v) is 7.65.